The molecule has 0 fully saturated rings. The highest BCUT2D eigenvalue weighted by Gasteiger charge is 2.23. The maximum Gasteiger partial charge on any atom is 0.352 e. The molecular formula is C25H20ClFN4O3. The third-order valence-corrected chi connectivity index (χ3v) is 5.47. The number of para-hydroxylation sites is 1. The molecule has 0 aliphatic rings. The number of carbonyl (C=O) groups is 1. The predicted molar refractivity (Wildman–Crippen MR) is 127 cm³/mol. The quantitative estimate of drug-likeness (QED) is 0.457. The van der Waals surface area contributed by atoms with Crippen LogP contribution in [-0.4, -0.2) is 20.3 Å². The Labute approximate surface area is 199 Å². The van der Waals surface area contributed by atoms with Gasteiger partial charge in [0.2, 0.25) is 5.69 Å². The third kappa shape index (κ3) is 4.82. The lowest BCUT2D eigenvalue weighted by Gasteiger charge is -2.16. The van der Waals surface area contributed by atoms with Crippen molar-refractivity contribution in [3.8, 4) is 5.69 Å². The van der Waals surface area contributed by atoms with Gasteiger partial charge in [0.1, 0.15) is 11.5 Å². The van der Waals surface area contributed by atoms with Crippen molar-refractivity contribution in [2.24, 2.45) is 0 Å². The number of hydrogen-bond donors (Lipinski definition) is 1. The Kier molecular flexibility index (Phi) is 6.70. The van der Waals surface area contributed by atoms with Crippen LogP contribution >= 0.6 is 11.6 Å². The summed E-state index contributed by atoms with van der Waals surface area (Å²) in [6, 6.07) is 20.8. The average molecular weight is 479 g/mol. The van der Waals surface area contributed by atoms with Gasteiger partial charge in [-0.1, -0.05) is 66.2 Å². The molecule has 1 heterocycles. The predicted octanol–water partition coefficient (Wildman–Crippen LogP) is 3.73. The van der Waals surface area contributed by atoms with Gasteiger partial charge in [-0.25, -0.2) is 9.18 Å². The third-order valence-electron chi connectivity index (χ3n) is 5.23. The molecule has 1 N–H and O–H groups in total. The van der Waals surface area contributed by atoms with Crippen molar-refractivity contribution in [3.05, 3.63) is 127 Å². The van der Waals surface area contributed by atoms with E-state index in [2.05, 4.69) is 10.4 Å². The first-order valence-electron chi connectivity index (χ1n) is 10.4. The molecule has 172 valence electrons. The number of nitrogens with one attached hydrogen (secondary N) is 1. The summed E-state index contributed by atoms with van der Waals surface area (Å²) in [5.74, 6) is -1.51. The standard InChI is InChI=1S/C25H20ClFN4O3/c1-16(18-9-3-2-4-10-18)28-23(32)22-24(33)30(15-17-8-7-11-19(26)14-17)25(34)31(29-22)21-13-6-5-12-20(21)27/h2-14,16H,15H2,1H3,(H,28,32)/t16-/m0/s1. The molecule has 34 heavy (non-hydrogen) atoms. The first-order chi connectivity index (χ1) is 16.3. The van der Waals surface area contributed by atoms with Gasteiger partial charge in [0, 0.05) is 5.02 Å². The largest absolute Gasteiger partial charge is 0.352 e. The van der Waals surface area contributed by atoms with Gasteiger partial charge in [-0.05, 0) is 42.3 Å². The van der Waals surface area contributed by atoms with Gasteiger partial charge >= 0.3 is 5.69 Å². The minimum absolute atomic E-state index is 0.177. The molecule has 0 unspecified atom stereocenters. The molecule has 1 atom stereocenters. The number of carbonyl (C=O) groups excluding carboxylic acids is 1. The fraction of sp³-hybridized carbons (Fsp3) is 0.120. The molecule has 1 amide bonds. The molecule has 7 nitrogen and oxygen atoms in total. The Balaban J connectivity index is 1.83. The summed E-state index contributed by atoms with van der Waals surface area (Å²) in [7, 11) is 0. The maximum absolute atomic E-state index is 14.5. The van der Waals surface area contributed by atoms with Crippen molar-refractivity contribution in [3.63, 3.8) is 0 Å². The van der Waals surface area contributed by atoms with E-state index >= 15 is 0 Å². The molecule has 0 spiro atoms. The fourth-order valence-corrected chi connectivity index (χ4v) is 3.70. The number of rotatable bonds is 6. The smallest absolute Gasteiger partial charge is 0.344 e. The van der Waals surface area contributed by atoms with Crippen LogP contribution in [0.3, 0.4) is 0 Å². The Morgan fingerprint density at radius 1 is 1.03 bits per heavy atom. The summed E-state index contributed by atoms with van der Waals surface area (Å²) in [5, 5.41) is 7.10. The zero-order valence-electron chi connectivity index (χ0n) is 18.1. The van der Waals surface area contributed by atoms with Gasteiger partial charge < -0.3 is 5.32 Å². The average Bonchev–Trinajstić information content (AvgIpc) is 2.83. The number of aromatic nitrogens is 3. The summed E-state index contributed by atoms with van der Waals surface area (Å²) in [6.07, 6.45) is 0. The summed E-state index contributed by atoms with van der Waals surface area (Å²) < 4.78 is 16.1. The molecule has 9 heteroatoms. The molecular weight excluding hydrogens is 459 g/mol. The highest BCUT2D eigenvalue weighted by molar-refractivity contribution is 6.30. The van der Waals surface area contributed by atoms with Crippen LogP contribution in [0.4, 0.5) is 4.39 Å². The van der Waals surface area contributed by atoms with Crippen molar-refractivity contribution in [2.75, 3.05) is 0 Å². The van der Waals surface area contributed by atoms with Crippen LogP contribution in [0.1, 0.15) is 34.6 Å². The lowest BCUT2D eigenvalue weighted by atomic mass is 10.1. The summed E-state index contributed by atoms with van der Waals surface area (Å²) in [4.78, 5) is 39.5. The van der Waals surface area contributed by atoms with Gasteiger partial charge in [0.05, 0.1) is 12.6 Å². The first-order valence-corrected chi connectivity index (χ1v) is 10.8. The molecule has 4 rings (SSSR count). The topological polar surface area (TPSA) is 86.0 Å². The van der Waals surface area contributed by atoms with E-state index in [9.17, 15) is 18.8 Å². The SMILES string of the molecule is C[C@H](NC(=O)c1nn(-c2ccccc2F)c(=O)n(Cc2cccc(Cl)c2)c1=O)c1ccccc1. The van der Waals surface area contributed by atoms with Gasteiger partial charge in [-0.3, -0.25) is 14.2 Å². The Bertz CT molecular complexity index is 1470. The van der Waals surface area contributed by atoms with E-state index in [-0.39, 0.29) is 12.2 Å². The van der Waals surface area contributed by atoms with Crippen molar-refractivity contribution < 1.29 is 9.18 Å². The molecule has 1 aromatic heterocycles. The lowest BCUT2D eigenvalue weighted by Crippen LogP contribution is -2.46. The van der Waals surface area contributed by atoms with E-state index in [1.807, 2.05) is 30.3 Å². The van der Waals surface area contributed by atoms with Gasteiger partial charge in [-0.15, -0.1) is 0 Å². The number of benzene rings is 3. The zero-order valence-corrected chi connectivity index (χ0v) is 18.9. The highest BCUT2D eigenvalue weighted by Crippen LogP contribution is 2.14. The molecule has 0 aliphatic carbocycles. The van der Waals surface area contributed by atoms with Crippen LogP contribution in [0, 0.1) is 5.82 Å². The molecule has 0 aliphatic heterocycles. The molecule has 3 aromatic carbocycles. The molecule has 0 saturated carbocycles. The summed E-state index contributed by atoms with van der Waals surface area (Å²) in [6.45, 7) is 1.58. The van der Waals surface area contributed by atoms with Gasteiger partial charge in [0.25, 0.3) is 11.5 Å². The van der Waals surface area contributed by atoms with Crippen molar-refractivity contribution in [1.29, 1.82) is 0 Å². The molecule has 0 saturated heterocycles. The molecule has 0 radical (unpaired) electrons. The Hall–Kier alpha value is -4.04. The summed E-state index contributed by atoms with van der Waals surface area (Å²) in [5.41, 5.74) is -1.12. The number of halogens is 2. The van der Waals surface area contributed by atoms with Crippen molar-refractivity contribution in [2.45, 2.75) is 19.5 Å². The first kappa shape index (κ1) is 23.1. The van der Waals surface area contributed by atoms with Crippen molar-refractivity contribution >= 4 is 17.5 Å². The number of amides is 1. The van der Waals surface area contributed by atoms with E-state index in [4.69, 9.17) is 11.6 Å². The van der Waals surface area contributed by atoms with Gasteiger partial charge in [0.15, 0.2) is 0 Å². The Morgan fingerprint density at radius 3 is 2.44 bits per heavy atom. The Morgan fingerprint density at radius 2 is 1.74 bits per heavy atom. The summed E-state index contributed by atoms with van der Waals surface area (Å²) >= 11 is 6.04. The monoisotopic (exact) mass is 478 g/mol. The van der Waals surface area contributed by atoms with Crippen molar-refractivity contribution in [1.82, 2.24) is 19.7 Å². The van der Waals surface area contributed by atoms with E-state index in [1.165, 1.54) is 18.2 Å². The second-order valence-electron chi connectivity index (χ2n) is 7.62. The van der Waals surface area contributed by atoms with E-state index in [1.54, 1.807) is 31.2 Å². The highest BCUT2D eigenvalue weighted by atomic mass is 35.5. The van der Waals surface area contributed by atoms with Crippen LogP contribution in [0.2, 0.25) is 5.02 Å². The van der Waals surface area contributed by atoms with E-state index in [0.717, 1.165) is 20.9 Å². The van der Waals surface area contributed by atoms with Crippen LogP contribution in [0.25, 0.3) is 5.69 Å². The number of hydrogen-bond acceptors (Lipinski definition) is 4. The van der Waals surface area contributed by atoms with Crippen LogP contribution in [0.15, 0.2) is 88.5 Å². The molecule has 4 aromatic rings. The van der Waals surface area contributed by atoms with Crippen LogP contribution in [-0.2, 0) is 6.54 Å². The minimum Gasteiger partial charge on any atom is -0.344 e. The lowest BCUT2D eigenvalue weighted by molar-refractivity contribution is 0.0930. The van der Waals surface area contributed by atoms with Crippen LogP contribution in [0.5, 0.6) is 0 Å². The molecule has 0 bridgehead atoms. The van der Waals surface area contributed by atoms with E-state index in [0.29, 0.717) is 10.6 Å². The maximum atomic E-state index is 14.5. The second-order valence-corrected chi connectivity index (χ2v) is 8.06. The van der Waals surface area contributed by atoms with Crippen LogP contribution < -0.4 is 16.6 Å². The van der Waals surface area contributed by atoms with Gasteiger partial charge in [-0.2, -0.15) is 9.78 Å². The number of nitrogens with zero attached hydrogens (tertiary/aromatic N) is 3. The normalized spacial score (nSPS) is 11.7. The second kappa shape index (κ2) is 9.84. The zero-order chi connectivity index (χ0) is 24.2. The minimum atomic E-state index is -0.893. The van der Waals surface area contributed by atoms with E-state index < -0.39 is 34.7 Å². The fourth-order valence-electron chi connectivity index (χ4n) is 3.48.